The molecule has 0 atom stereocenters. The lowest BCUT2D eigenvalue weighted by atomic mass is 10.2. The van der Waals surface area contributed by atoms with Crippen LogP contribution in [-0.2, 0) is 0 Å². The van der Waals surface area contributed by atoms with Gasteiger partial charge in [-0.3, -0.25) is 9.97 Å². The molecule has 0 N–H and O–H groups in total. The van der Waals surface area contributed by atoms with Gasteiger partial charge in [-0.2, -0.15) is 0 Å². The molecule has 14 heavy (non-hydrogen) atoms. The second-order valence-corrected chi connectivity index (χ2v) is 3.02. The summed E-state index contributed by atoms with van der Waals surface area (Å²) in [5.41, 5.74) is 1.83. The lowest BCUT2D eigenvalue weighted by Crippen LogP contribution is -1.84. The fourth-order valence-corrected chi connectivity index (χ4v) is 1.44. The van der Waals surface area contributed by atoms with Gasteiger partial charge < -0.3 is 0 Å². The average molecular weight is 180 g/mol. The predicted molar refractivity (Wildman–Crippen MR) is 53.7 cm³/mol. The lowest BCUT2D eigenvalue weighted by Gasteiger charge is -1.98. The third-order valence-electron chi connectivity index (χ3n) is 2.11. The molecule has 0 spiro atoms. The van der Waals surface area contributed by atoms with Gasteiger partial charge in [0.15, 0.2) is 0 Å². The first-order chi connectivity index (χ1) is 6.93. The van der Waals surface area contributed by atoms with E-state index in [1.165, 1.54) is 0 Å². The van der Waals surface area contributed by atoms with Gasteiger partial charge in [-0.1, -0.05) is 0 Å². The molecule has 0 aliphatic heterocycles. The molecule has 0 bridgehead atoms. The molecule has 0 aromatic carbocycles. The number of hydrogen-bond donors (Lipinski definition) is 0. The van der Waals surface area contributed by atoms with E-state index in [1.54, 1.807) is 24.8 Å². The second kappa shape index (κ2) is 2.73. The molecule has 3 rings (SSSR count). The standard InChI is InChI=1S/C11H6N3/c1-3-12-6-8-5-9-7-13-4-2-11(9)14-10(1)8/h1-4,6-7H. The van der Waals surface area contributed by atoms with Crippen molar-refractivity contribution in [1.82, 2.24) is 15.0 Å². The first-order valence-electron chi connectivity index (χ1n) is 4.30. The van der Waals surface area contributed by atoms with Crippen molar-refractivity contribution in [3.05, 3.63) is 43.0 Å². The van der Waals surface area contributed by atoms with E-state index >= 15 is 0 Å². The molecule has 3 heteroatoms. The molecule has 1 radical (unpaired) electrons. The quantitative estimate of drug-likeness (QED) is 0.496. The molecule has 3 aromatic heterocycles. The van der Waals surface area contributed by atoms with Gasteiger partial charge in [0.2, 0.25) is 0 Å². The van der Waals surface area contributed by atoms with Crippen LogP contribution in [0.25, 0.3) is 21.8 Å². The number of nitrogens with zero attached hydrogens (tertiary/aromatic N) is 3. The van der Waals surface area contributed by atoms with Crippen LogP contribution in [0.15, 0.2) is 36.9 Å². The number of aromatic nitrogens is 3. The van der Waals surface area contributed by atoms with Crippen molar-refractivity contribution in [2.75, 3.05) is 0 Å². The summed E-state index contributed by atoms with van der Waals surface area (Å²) in [4.78, 5) is 12.5. The summed E-state index contributed by atoms with van der Waals surface area (Å²) in [5, 5.41) is 1.85. The third kappa shape index (κ3) is 1.03. The summed E-state index contributed by atoms with van der Waals surface area (Å²) < 4.78 is 0. The normalized spacial score (nSPS) is 10.9. The summed E-state index contributed by atoms with van der Waals surface area (Å²) >= 11 is 0. The molecule has 3 aromatic rings. The van der Waals surface area contributed by atoms with Crippen LogP contribution in [0, 0.1) is 6.07 Å². The molecular formula is C11H6N3. The zero-order valence-corrected chi connectivity index (χ0v) is 7.31. The van der Waals surface area contributed by atoms with Gasteiger partial charge in [-0.05, 0) is 12.1 Å². The largest absolute Gasteiger partial charge is 0.264 e. The minimum atomic E-state index is 0.915. The highest BCUT2D eigenvalue weighted by atomic mass is 14.7. The molecule has 0 saturated heterocycles. The van der Waals surface area contributed by atoms with E-state index < -0.39 is 0 Å². The van der Waals surface area contributed by atoms with E-state index in [0.29, 0.717) is 0 Å². The predicted octanol–water partition coefficient (Wildman–Crippen LogP) is 1.98. The molecule has 3 nitrogen and oxygen atoms in total. The van der Waals surface area contributed by atoms with Gasteiger partial charge in [-0.25, -0.2) is 4.98 Å². The van der Waals surface area contributed by atoms with Crippen LogP contribution < -0.4 is 0 Å². The van der Waals surface area contributed by atoms with E-state index in [-0.39, 0.29) is 0 Å². The zero-order chi connectivity index (χ0) is 9.38. The highest BCUT2D eigenvalue weighted by molar-refractivity contribution is 5.90. The molecule has 0 aliphatic carbocycles. The number of pyridine rings is 3. The van der Waals surface area contributed by atoms with Crippen LogP contribution in [0.4, 0.5) is 0 Å². The Hall–Kier alpha value is -2.03. The van der Waals surface area contributed by atoms with Crippen molar-refractivity contribution in [2.45, 2.75) is 0 Å². The maximum Gasteiger partial charge on any atom is 0.0746 e. The zero-order valence-electron chi connectivity index (χ0n) is 7.31. The Bertz CT molecular complexity index is 499. The Balaban J connectivity index is 2.52. The van der Waals surface area contributed by atoms with E-state index in [9.17, 15) is 0 Å². The number of hydrogen-bond acceptors (Lipinski definition) is 3. The highest BCUT2D eigenvalue weighted by Gasteiger charge is 1.98. The monoisotopic (exact) mass is 180 g/mol. The summed E-state index contributed by atoms with van der Waals surface area (Å²) in [6.45, 7) is 0. The molecule has 0 fully saturated rings. The van der Waals surface area contributed by atoms with Crippen LogP contribution in [0.3, 0.4) is 0 Å². The molecule has 0 unspecified atom stereocenters. The second-order valence-electron chi connectivity index (χ2n) is 3.02. The number of rotatable bonds is 0. The van der Waals surface area contributed by atoms with E-state index in [1.807, 2.05) is 12.1 Å². The van der Waals surface area contributed by atoms with Gasteiger partial charge in [0.05, 0.1) is 11.0 Å². The Morgan fingerprint density at radius 1 is 0.857 bits per heavy atom. The molecule has 0 aliphatic rings. The van der Waals surface area contributed by atoms with Crippen LogP contribution in [-0.4, -0.2) is 15.0 Å². The van der Waals surface area contributed by atoms with Crippen molar-refractivity contribution < 1.29 is 0 Å². The van der Waals surface area contributed by atoms with Crippen molar-refractivity contribution in [1.29, 1.82) is 0 Å². The fraction of sp³-hybridized carbons (Fsp3) is 0. The Kier molecular flexibility index (Phi) is 1.44. The maximum absolute atomic E-state index is 4.47. The van der Waals surface area contributed by atoms with Gasteiger partial charge in [0.1, 0.15) is 0 Å². The first-order valence-corrected chi connectivity index (χ1v) is 4.30. The van der Waals surface area contributed by atoms with E-state index in [4.69, 9.17) is 0 Å². The van der Waals surface area contributed by atoms with Gasteiger partial charge in [0.25, 0.3) is 0 Å². The van der Waals surface area contributed by atoms with Crippen LogP contribution >= 0.6 is 0 Å². The summed E-state index contributed by atoms with van der Waals surface area (Å²) in [5.74, 6) is 0. The van der Waals surface area contributed by atoms with Gasteiger partial charge >= 0.3 is 0 Å². The van der Waals surface area contributed by atoms with Crippen LogP contribution in [0.1, 0.15) is 0 Å². The van der Waals surface area contributed by atoms with Crippen LogP contribution in [0.2, 0.25) is 0 Å². The van der Waals surface area contributed by atoms with Crippen molar-refractivity contribution in [2.24, 2.45) is 0 Å². The molecule has 0 amide bonds. The van der Waals surface area contributed by atoms with Crippen molar-refractivity contribution in [3.63, 3.8) is 0 Å². The molecule has 65 valence electrons. The maximum atomic E-state index is 4.47. The first kappa shape index (κ1) is 7.38. The highest BCUT2D eigenvalue weighted by Crippen LogP contribution is 2.16. The summed E-state index contributed by atoms with van der Waals surface area (Å²) in [6, 6.07) is 6.98. The minimum absolute atomic E-state index is 0.915. The van der Waals surface area contributed by atoms with E-state index in [2.05, 4.69) is 21.0 Å². The number of fused-ring (bicyclic) bond motifs is 2. The van der Waals surface area contributed by atoms with Gasteiger partial charge in [0, 0.05) is 41.6 Å². The van der Waals surface area contributed by atoms with Gasteiger partial charge in [-0.15, -0.1) is 0 Å². The SMILES string of the molecule is [c]1c2cnccc2nc2ccncc12. The fourth-order valence-electron chi connectivity index (χ4n) is 1.44. The Morgan fingerprint density at radius 3 is 2.00 bits per heavy atom. The topological polar surface area (TPSA) is 38.7 Å². The van der Waals surface area contributed by atoms with Crippen molar-refractivity contribution >= 4 is 21.8 Å². The smallest absolute Gasteiger partial charge is 0.0746 e. The van der Waals surface area contributed by atoms with Crippen molar-refractivity contribution in [3.8, 4) is 0 Å². The van der Waals surface area contributed by atoms with Crippen LogP contribution in [0.5, 0.6) is 0 Å². The third-order valence-corrected chi connectivity index (χ3v) is 2.11. The average Bonchev–Trinajstić information content (AvgIpc) is 2.26. The molecular weight excluding hydrogens is 174 g/mol. The lowest BCUT2D eigenvalue weighted by molar-refractivity contribution is 1.32. The Morgan fingerprint density at radius 2 is 1.43 bits per heavy atom. The molecule has 0 saturated carbocycles. The summed E-state index contributed by atoms with van der Waals surface area (Å²) in [6.07, 6.45) is 6.98. The minimum Gasteiger partial charge on any atom is -0.264 e. The Labute approximate surface area is 80.5 Å². The summed E-state index contributed by atoms with van der Waals surface area (Å²) in [7, 11) is 0. The molecule has 3 heterocycles. The van der Waals surface area contributed by atoms with E-state index in [0.717, 1.165) is 21.8 Å².